The topological polar surface area (TPSA) is 65.9 Å². The molecule has 0 aliphatic carbocycles. The summed E-state index contributed by atoms with van der Waals surface area (Å²) in [6, 6.07) is 6.65. The Bertz CT molecular complexity index is 755. The van der Waals surface area contributed by atoms with Crippen molar-refractivity contribution in [1.29, 1.82) is 0 Å². The number of carboxylic acids is 1. The van der Waals surface area contributed by atoms with Crippen molar-refractivity contribution in [2.45, 2.75) is 12.6 Å². The number of halogens is 1. The molecule has 0 bridgehead atoms. The average molecular weight is 379 g/mol. The average Bonchev–Trinajstić information content (AvgIpc) is 3.03. The molecular formula is C18H22FN3O3S. The highest BCUT2D eigenvalue weighted by Gasteiger charge is 2.23. The lowest BCUT2D eigenvalue weighted by atomic mass is 10.2. The zero-order chi connectivity index (χ0) is 18.5. The monoisotopic (exact) mass is 379 g/mol. The second kappa shape index (κ2) is 8.68. The molecule has 1 aliphatic heterocycles. The van der Waals surface area contributed by atoms with Gasteiger partial charge in [-0.3, -0.25) is 14.6 Å². The van der Waals surface area contributed by atoms with E-state index in [-0.39, 0.29) is 18.5 Å². The molecule has 0 spiro atoms. The van der Waals surface area contributed by atoms with Crippen molar-refractivity contribution < 1.29 is 19.0 Å². The van der Waals surface area contributed by atoms with Crippen molar-refractivity contribution in [3.05, 3.63) is 41.2 Å². The van der Waals surface area contributed by atoms with E-state index >= 15 is 0 Å². The number of aliphatic carboxylic acids is 1. The maximum Gasteiger partial charge on any atom is 0.317 e. The van der Waals surface area contributed by atoms with Crippen LogP contribution in [0, 0.1) is 5.82 Å². The van der Waals surface area contributed by atoms with E-state index in [9.17, 15) is 9.18 Å². The summed E-state index contributed by atoms with van der Waals surface area (Å²) in [5, 5.41) is 11.5. The van der Waals surface area contributed by atoms with Crippen LogP contribution in [0.2, 0.25) is 0 Å². The van der Waals surface area contributed by atoms with E-state index in [2.05, 4.69) is 9.88 Å². The first-order valence-electron chi connectivity index (χ1n) is 8.45. The Labute approximate surface area is 155 Å². The molecule has 1 unspecified atom stereocenters. The number of hydrogen-bond donors (Lipinski definition) is 1. The summed E-state index contributed by atoms with van der Waals surface area (Å²) < 4.78 is 19.6. The normalized spacial score (nSPS) is 18.3. The number of ether oxygens (including phenoxy) is 1. The lowest BCUT2D eigenvalue weighted by molar-refractivity contribution is -0.138. The molecule has 1 aromatic heterocycles. The van der Waals surface area contributed by atoms with E-state index in [1.54, 1.807) is 30.1 Å². The summed E-state index contributed by atoms with van der Waals surface area (Å²) in [5.74, 6) is -1.11. The van der Waals surface area contributed by atoms with Crippen LogP contribution in [0.1, 0.15) is 5.69 Å². The van der Waals surface area contributed by atoms with Crippen molar-refractivity contribution in [2.24, 2.45) is 0 Å². The second-order valence-electron chi connectivity index (χ2n) is 6.44. The lowest BCUT2D eigenvalue weighted by Gasteiger charge is -2.34. The molecule has 2 heterocycles. The van der Waals surface area contributed by atoms with Gasteiger partial charge in [-0.1, -0.05) is 12.1 Å². The number of benzene rings is 1. The van der Waals surface area contributed by atoms with Crippen molar-refractivity contribution in [2.75, 3.05) is 39.8 Å². The lowest BCUT2D eigenvalue weighted by Crippen LogP contribution is -2.47. The first-order chi connectivity index (χ1) is 12.5. The molecule has 0 amide bonds. The Morgan fingerprint density at radius 2 is 2.31 bits per heavy atom. The number of hydrogen-bond acceptors (Lipinski definition) is 6. The Morgan fingerprint density at radius 3 is 3.08 bits per heavy atom. The summed E-state index contributed by atoms with van der Waals surface area (Å²) in [6.45, 7) is 3.36. The highest BCUT2D eigenvalue weighted by Crippen LogP contribution is 2.26. The Hall–Kier alpha value is -1.87. The fourth-order valence-electron chi connectivity index (χ4n) is 3.04. The first kappa shape index (κ1) is 18.9. The van der Waals surface area contributed by atoms with Crippen LogP contribution in [0.3, 0.4) is 0 Å². The van der Waals surface area contributed by atoms with Crippen molar-refractivity contribution in [1.82, 2.24) is 14.8 Å². The van der Waals surface area contributed by atoms with Crippen LogP contribution in [0.25, 0.3) is 10.6 Å². The van der Waals surface area contributed by atoms with E-state index in [1.807, 2.05) is 5.38 Å². The third-order valence-corrected chi connectivity index (χ3v) is 5.11. The van der Waals surface area contributed by atoms with Crippen LogP contribution >= 0.6 is 11.3 Å². The summed E-state index contributed by atoms with van der Waals surface area (Å²) in [7, 11) is 1.78. The quantitative estimate of drug-likeness (QED) is 0.795. The minimum Gasteiger partial charge on any atom is -0.480 e. The zero-order valence-corrected chi connectivity index (χ0v) is 15.4. The minimum atomic E-state index is -0.844. The molecule has 1 fully saturated rings. The Morgan fingerprint density at radius 1 is 1.50 bits per heavy atom. The van der Waals surface area contributed by atoms with Gasteiger partial charge in [0.05, 0.1) is 24.9 Å². The van der Waals surface area contributed by atoms with Crippen LogP contribution in [0.5, 0.6) is 0 Å². The van der Waals surface area contributed by atoms with Gasteiger partial charge in [0.1, 0.15) is 10.8 Å². The van der Waals surface area contributed by atoms with Gasteiger partial charge in [-0.15, -0.1) is 11.3 Å². The largest absolute Gasteiger partial charge is 0.480 e. The number of thiazole rings is 1. The minimum absolute atomic E-state index is 0.00204. The Kier molecular flexibility index (Phi) is 6.31. The fourth-order valence-corrected chi connectivity index (χ4v) is 3.88. The van der Waals surface area contributed by atoms with E-state index in [0.717, 1.165) is 18.8 Å². The van der Waals surface area contributed by atoms with Crippen molar-refractivity contribution >= 4 is 17.3 Å². The SMILES string of the molecule is CN(CC(=O)O)CC1CN(Cc2csc(-c3ccccc3F)n2)CCO1. The van der Waals surface area contributed by atoms with Crippen LogP contribution < -0.4 is 0 Å². The highest BCUT2D eigenvalue weighted by molar-refractivity contribution is 7.13. The van der Waals surface area contributed by atoms with Crippen LogP contribution in [0.4, 0.5) is 4.39 Å². The van der Waals surface area contributed by atoms with Crippen molar-refractivity contribution in [3.8, 4) is 10.6 Å². The molecule has 0 radical (unpaired) electrons. The maximum atomic E-state index is 13.9. The number of nitrogens with zero attached hydrogens (tertiary/aromatic N) is 3. The number of rotatable bonds is 7. The zero-order valence-electron chi connectivity index (χ0n) is 14.6. The van der Waals surface area contributed by atoms with E-state index in [1.165, 1.54) is 17.4 Å². The van der Waals surface area contributed by atoms with Crippen LogP contribution in [-0.4, -0.2) is 71.8 Å². The second-order valence-corrected chi connectivity index (χ2v) is 7.30. The van der Waals surface area contributed by atoms with Crippen molar-refractivity contribution in [3.63, 3.8) is 0 Å². The van der Waals surface area contributed by atoms with E-state index in [4.69, 9.17) is 9.84 Å². The summed E-state index contributed by atoms with van der Waals surface area (Å²) in [4.78, 5) is 19.3. The predicted molar refractivity (Wildman–Crippen MR) is 97.7 cm³/mol. The maximum absolute atomic E-state index is 13.9. The predicted octanol–water partition coefficient (Wildman–Crippen LogP) is 2.17. The van der Waals surface area contributed by atoms with Gasteiger partial charge in [-0.05, 0) is 19.2 Å². The standard InChI is InChI=1S/C18H22FN3O3S/c1-21(11-17(23)24)9-14-10-22(6-7-25-14)8-13-12-26-18(20-13)15-4-2-3-5-16(15)19/h2-5,12,14H,6-11H2,1H3,(H,23,24). The van der Waals surface area contributed by atoms with Gasteiger partial charge in [0, 0.05) is 37.1 Å². The number of carboxylic acid groups (broad SMARTS) is 1. The molecule has 2 aromatic rings. The molecule has 1 aromatic carbocycles. The van der Waals surface area contributed by atoms with Gasteiger partial charge < -0.3 is 9.84 Å². The molecule has 1 N–H and O–H groups in total. The van der Waals surface area contributed by atoms with Crippen LogP contribution in [0.15, 0.2) is 29.6 Å². The van der Waals surface area contributed by atoms with E-state index < -0.39 is 5.97 Å². The van der Waals surface area contributed by atoms with Crippen LogP contribution in [-0.2, 0) is 16.1 Å². The molecule has 26 heavy (non-hydrogen) atoms. The molecule has 8 heteroatoms. The smallest absolute Gasteiger partial charge is 0.317 e. The summed E-state index contributed by atoms with van der Waals surface area (Å²) in [6.07, 6.45) is -0.0298. The molecule has 1 saturated heterocycles. The molecule has 1 aliphatic rings. The molecule has 3 rings (SSSR count). The number of morpholine rings is 1. The van der Waals surface area contributed by atoms with Gasteiger partial charge in [0.15, 0.2) is 0 Å². The van der Waals surface area contributed by atoms with Gasteiger partial charge >= 0.3 is 5.97 Å². The number of likely N-dealkylation sites (N-methyl/N-ethyl adjacent to an activating group) is 1. The molecule has 1 atom stereocenters. The summed E-state index contributed by atoms with van der Waals surface area (Å²) in [5.41, 5.74) is 1.44. The third-order valence-electron chi connectivity index (χ3n) is 4.19. The fraction of sp³-hybridized carbons (Fsp3) is 0.444. The highest BCUT2D eigenvalue weighted by atomic mass is 32.1. The molecular weight excluding hydrogens is 357 g/mol. The molecule has 140 valence electrons. The molecule has 0 saturated carbocycles. The number of aromatic nitrogens is 1. The van der Waals surface area contributed by atoms with Gasteiger partial charge in [-0.25, -0.2) is 9.37 Å². The Balaban J connectivity index is 1.57. The third kappa shape index (κ3) is 5.07. The van der Waals surface area contributed by atoms with E-state index in [0.29, 0.717) is 30.3 Å². The summed E-state index contributed by atoms with van der Waals surface area (Å²) >= 11 is 1.44. The van der Waals surface area contributed by atoms with Gasteiger partial charge in [0.25, 0.3) is 0 Å². The number of carbonyl (C=O) groups is 1. The molecule has 6 nitrogen and oxygen atoms in total. The van der Waals surface area contributed by atoms with Gasteiger partial charge in [0.2, 0.25) is 0 Å². The first-order valence-corrected chi connectivity index (χ1v) is 9.33. The van der Waals surface area contributed by atoms with Gasteiger partial charge in [-0.2, -0.15) is 0 Å².